The van der Waals surface area contributed by atoms with Crippen molar-refractivity contribution in [1.82, 2.24) is 19.5 Å². The summed E-state index contributed by atoms with van der Waals surface area (Å²) in [6.07, 6.45) is -1.92. The highest BCUT2D eigenvalue weighted by atomic mass is 35.5. The first-order valence-electron chi connectivity index (χ1n) is 8.76. The van der Waals surface area contributed by atoms with Crippen molar-refractivity contribution >= 4 is 40.2 Å². The number of phenolic OH excluding ortho intramolecular Hbond substituents is 2. The van der Waals surface area contributed by atoms with Gasteiger partial charge in [0.25, 0.3) is 0 Å². The summed E-state index contributed by atoms with van der Waals surface area (Å²) in [6.45, 7) is -0.539. The Balaban J connectivity index is 1.64. The van der Waals surface area contributed by atoms with Crippen LogP contribution in [0.15, 0.2) is 18.7 Å². The molecule has 160 valence electrons. The maximum atomic E-state index is 10.3. The number of hydrogen-bond acceptors (Lipinski definition) is 10. The van der Waals surface area contributed by atoms with Gasteiger partial charge in [-0.25, -0.2) is 15.0 Å². The number of nitrogens with one attached hydrogen (secondary N) is 1. The van der Waals surface area contributed by atoms with Gasteiger partial charge in [0.1, 0.15) is 36.1 Å². The molecular weight excluding hydrogens is 441 g/mol. The van der Waals surface area contributed by atoms with Gasteiger partial charge in [-0.05, 0) is 6.07 Å². The lowest BCUT2D eigenvalue weighted by atomic mass is 10.1. The molecule has 1 aromatic carbocycles. The number of aromatic hydroxyl groups is 2. The number of halogens is 2. The summed E-state index contributed by atoms with van der Waals surface area (Å²) in [5.41, 5.74) is 0.671. The molecule has 0 bridgehead atoms. The van der Waals surface area contributed by atoms with Crippen LogP contribution in [-0.2, 0) is 11.3 Å². The molecule has 0 radical (unpaired) electrons. The minimum Gasteiger partial charge on any atom is -0.506 e. The van der Waals surface area contributed by atoms with Crippen molar-refractivity contribution in [2.45, 2.75) is 31.1 Å². The van der Waals surface area contributed by atoms with Crippen molar-refractivity contribution in [2.75, 3.05) is 11.9 Å². The van der Waals surface area contributed by atoms with E-state index in [0.717, 1.165) is 0 Å². The molecule has 1 aliphatic heterocycles. The number of imidazole rings is 1. The minimum absolute atomic E-state index is 0.0175. The van der Waals surface area contributed by atoms with E-state index in [1.165, 1.54) is 23.3 Å². The van der Waals surface area contributed by atoms with E-state index < -0.39 is 31.1 Å². The van der Waals surface area contributed by atoms with E-state index in [2.05, 4.69) is 20.3 Å². The molecule has 0 amide bonds. The van der Waals surface area contributed by atoms with Gasteiger partial charge in [0, 0.05) is 6.54 Å². The van der Waals surface area contributed by atoms with Crippen LogP contribution < -0.4 is 5.32 Å². The summed E-state index contributed by atoms with van der Waals surface area (Å²) < 4.78 is 6.92. The van der Waals surface area contributed by atoms with E-state index in [4.69, 9.17) is 27.9 Å². The zero-order chi connectivity index (χ0) is 21.6. The van der Waals surface area contributed by atoms with E-state index in [1.807, 2.05) is 0 Å². The highest BCUT2D eigenvalue weighted by Crippen LogP contribution is 2.40. The Kier molecular flexibility index (Phi) is 5.57. The minimum atomic E-state index is -1.30. The third-order valence-electron chi connectivity index (χ3n) is 4.86. The van der Waals surface area contributed by atoms with Crippen molar-refractivity contribution in [3.8, 4) is 11.5 Å². The molecule has 11 nitrogen and oxygen atoms in total. The maximum Gasteiger partial charge on any atom is 0.167 e. The SMILES string of the molecule is OC[C@H]1O[C@@H](n2cnc3c(NCc4c(O)c(Cl)cc(Cl)c4O)ncnc32)[C@H](O)[C@@H]1O. The average molecular weight is 458 g/mol. The first-order chi connectivity index (χ1) is 14.3. The second-order valence-electron chi connectivity index (χ2n) is 6.64. The molecule has 6 N–H and O–H groups in total. The van der Waals surface area contributed by atoms with Crippen LogP contribution in [0.5, 0.6) is 11.5 Å². The van der Waals surface area contributed by atoms with Gasteiger partial charge in [0.2, 0.25) is 0 Å². The molecule has 30 heavy (non-hydrogen) atoms. The quantitative estimate of drug-likeness (QED) is 0.322. The monoisotopic (exact) mass is 457 g/mol. The number of fused-ring (bicyclic) bond motifs is 1. The van der Waals surface area contributed by atoms with Gasteiger partial charge in [0.15, 0.2) is 23.2 Å². The van der Waals surface area contributed by atoms with Gasteiger partial charge in [-0.3, -0.25) is 4.57 Å². The van der Waals surface area contributed by atoms with Crippen LogP contribution in [-0.4, -0.2) is 70.0 Å². The average Bonchev–Trinajstić information content (AvgIpc) is 3.28. The van der Waals surface area contributed by atoms with Gasteiger partial charge in [0.05, 0.1) is 28.5 Å². The Morgan fingerprint density at radius 2 is 1.77 bits per heavy atom. The van der Waals surface area contributed by atoms with Crippen molar-refractivity contribution in [3.63, 3.8) is 0 Å². The Hall–Kier alpha value is -2.41. The van der Waals surface area contributed by atoms with Gasteiger partial charge in [-0.2, -0.15) is 0 Å². The highest BCUT2D eigenvalue weighted by molar-refractivity contribution is 6.36. The molecule has 1 fully saturated rings. The first kappa shape index (κ1) is 20.8. The van der Waals surface area contributed by atoms with E-state index in [-0.39, 0.29) is 39.5 Å². The molecule has 2 aromatic heterocycles. The zero-order valence-electron chi connectivity index (χ0n) is 15.1. The number of ether oxygens (including phenoxy) is 1. The smallest absolute Gasteiger partial charge is 0.167 e. The topological polar surface area (TPSA) is 166 Å². The highest BCUT2D eigenvalue weighted by Gasteiger charge is 2.44. The fourth-order valence-electron chi connectivity index (χ4n) is 3.27. The number of benzene rings is 1. The van der Waals surface area contributed by atoms with Crippen LogP contribution in [0.25, 0.3) is 11.2 Å². The molecule has 13 heteroatoms. The summed E-state index contributed by atoms with van der Waals surface area (Å²) in [5, 5.41) is 52.6. The Bertz CT molecular complexity index is 1070. The number of phenols is 2. The van der Waals surface area contributed by atoms with Crippen molar-refractivity contribution < 1.29 is 30.3 Å². The molecular formula is C17H17Cl2N5O6. The van der Waals surface area contributed by atoms with Crippen molar-refractivity contribution in [2.24, 2.45) is 0 Å². The largest absolute Gasteiger partial charge is 0.506 e. The molecule has 4 rings (SSSR count). The van der Waals surface area contributed by atoms with E-state index in [9.17, 15) is 25.5 Å². The number of aliphatic hydroxyl groups is 3. The van der Waals surface area contributed by atoms with Crippen LogP contribution in [0.1, 0.15) is 11.8 Å². The Morgan fingerprint density at radius 1 is 1.07 bits per heavy atom. The molecule has 0 unspecified atom stereocenters. The molecule has 0 spiro atoms. The molecule has 0 saturated carbocycles. The molecule has 0 aliphatic carbocycles. The van der Waals surface area contributed by atoms with Gasteiger partial charge >= 0.3 is 0 Å². The Labute approximate surface area is 179 Å². The van der Waals surface area contributed by atoms with Crippen LogP contribution in [0.3, 0.4) is 0 Å². The lowest BCUT2D eigenvalue weighted by Crippen LogP contribution is -2.33. The van der Waals surface area contributed by atoms with Crippen LogP contribution >= 0.6 is 23.2 Å². The van der Waals surface area contributed by atoms with Gasteiger partial charge < -0.3 is 35.6 Å². The maximum absolute atomic E-state index is 10.3. The first-order valence-corrected chi connectivity index (χ1v) is 9.51. The number of aromatic nitrogens is 4. The third kappa shape index (κ3) is 3.39. The molecule has 3 heterocycles. The van der Waals surface area contributed by atoms with E-state index >= 15 is 0 Å². The molecule has 4 atom stereocenters. The molecule has 1 saturated heterocycles. The number of rotatable bonds is 5. The summed E-state index contributed by atoms with van der Waals surface area (Å²) in [5.74, 6) is -0.387. The lowest BCUT2D eigenvalue weighted by molar-refractivity contribution is -0.0511. The third-order valence-corrected chi connectivity index (χ3v) is 5.44. The normalized spacial score (nSPS) is 23.9. The Morgan fingerprint density at radius 3 is 2.40 bits per heavy atom. The molecule has 1 aliphatic rings. The summed E-state index contributed by atoms with van der Waals surface area (Å²) in [6, 6.07) is 1.23. The summed E-state index contributed by atoms with van der Waals surface area (Å²) in [4.78, 5) is 12.5. The standard InChI is InChI=1S/C17H17Cl2N5O6/c18-7-1-8(19)12(27)6(11(7)26)2-20-15-10-16(22-4-21-15)24(5-23-10)17-14(29)13(28)9(3-25)30-17/h1,4-5,9,13-14,17,25-29H,2-3H2,(H,20,21,22)/t9-,13-,14-,17-/m1/s1. The van der Waals surface area contributed by atoms with Crippen molar-refractivity contribution in [1.29, 1.82) is 0 Å². The molecule has 3 aromatic rings. The number of nitrogens with zero attached hydrogens (tertiary/aromatic N) is 4. The fourth-order valence-corrected chi connectivity index (χ4v) is 3.77. The number of anilines is 1. The fraction of sp³-hybridized carbons (Fsp3) is 0.353. The van der Waals surface area contributed by atoms with Crippen LogP contribution in [0, 0.1) is 0 Å². The second-order valence-corrected chi connectivity index (χ2v) is 7.46. The summed E-state index contributed by atoms with van der Waals surface area (Å²) >= 11 is 11.8. The number of hydrogen-bond donors (Lipinski definition) is 6. The van der Waals surface area contributed by atoms with E-state index in [1.54, 1.807) is 0 Å². The van der Waals surface area contributed by atoms with Gasteiger partial charge in [-0.15, -0.1) is 0 Å². The van der Waals surface area contributed by atoms with Crippen LogP contribution in [0.4, 0.5) is 5.82 Å². The second kappa shape index (κ2) is 8.02. The van der Waals surface area contributed by atoms with Crippen LogP contribution in [0.2, 0.25) is 10.0 Å². The van der Waals surface area contributed by atoms with Gasteiger partial charge in [-0.1, -0.05) is 23.2 Å². The number of aliphatic hydroxyl groups excluding tert-OH is 3. The van der Waals surface area contributed by atoms with E-state index in [0.29, 0.717) is 11.2 Å². The predicted molar refractivity (Wildman–Crippen MR) is 105 cm³/mol. The zero-order valence-corrected chi connectivity index (χ0v) is 16.7. The summed E-state index contributed by atoms with van der Waals surface area (Å²) in [7, 11) is 0. The van der Waals surface area contributed by atoms with Crippen molar-refractivity contribution in [3.05, 3.63) is 34.3 Å². The predicted octanol–water partition coefficient (Wildman–Crippen LogP) is 0.768. The lowest BCUT2D eigenvalue weighted by Gasteiger charge is -2.16.